The van der Waals surface area contributed by atoms with Gasteiger partial charge in [0.05, 0.1) is 6.54 Å². The van der Waals surface area contributed by atoms with Crippen LogP contribution in [0.15, 0.2) is 17.4 Å². The molecular formula is C9H17ClN4O. The first-order valence-corrected chi connectivity index (χ1v) is 4.57. The number of aliphatic imine (C=N–C) groups is 1. The maximum atomic E-state index is 11.5. The van der Waals surface area contributed by atoms with Crippen LogP contribution in [0.4, 0.5) is 4.79 Å². The monoisotopic (exact) mass is 232 g/mol. The number of hydrogen-bond donors (Lipinski definition) is 1. The molecule has 6 heteroatoms. The van der Waals surface area contributed by atoms with Gasteiger partial charge in [0.1, 0.15) is 0 Å². The van der Waals surface area contributed by atoms with Gasteiger partial charge in [-0.05, 0) is 14.1 Å². The molecule has 0 aromatic heterocycles. The highest BCUT2D eigenvalue weighted by molar-refractivity contribution is 5.85. The summed E-state index contributed by atoms with van der Waals surface area (Å²) in [5, 5.41) is 2.82. The Labute approximate surface area is 96.2 Å². The third kappa shape index (κ3) is 5.39. The average Bonchev–Trinajstić information content (AvgIpc) is 2.18. The number of urea groups is 1. The van der Waals surface area contributed by atoms with E-state index in [1.54, 1.807) is 23.5 Å². The molecule has 0 saturated carbocycles. The van der Waals surface area contributed by atoms with Crippen molar-refractivity contribution in [2.45, 2.75) is 0 Å². The summed E-state index contributed by atoms with van der Waals surface area (Å²) in [5.41, 5.74) is 0. The number of hydrogen-bond acceptors (Lipinski definition) is 3. The van der Waals surface area contributed by atoms with Gasteiger partial charge in [-0.15, -0.1) is 12.4 Å². The van der Waals surface area contributed by atoms with Crippen molar-refractivity contribution >= 4 is 24.7 Å². The van der Waals surface area contributed by atoms with E-state index in [0.29, 0.717) is 13.1 Å². The van der Waals surface area contributed by atoms with E-state index in [9.17, 15) is 4.79 Å². The summed E-state index contributed by atoms with van der Waals surface area (Å²) in [5.74, 6) is 0. The van der Waals surface area contributed by atoms with Crippen LogP contribution in [0, 0.1) is 0 Å². The summed E-state index contributed by atoms with van der Waals surface area (Å²) in [6, 6.07) is -0.0748. The Morgan fingerprint density at radius 1 is 1.60 bits per heavy atom. The first-order chi connectivity index (χ1) is 6.70. The molecular weight excluding hydrogens is 216 g/mol. The summed E-state index contributed by atoms with van der Waals surface area (Å²) in [6.45, 7) is 2.05. The number of nitrogens with one attached hydrogen (secondary N) is 1. The zero-order valence-corrected chi connectivity index (χ0v) is 9.83. The molecule has 0 spiro atoms. The van der Waals surface area contributed by atoms with Crippen LogP contribution in [0.3, 0.4) is 0 Å². The highest BCUT2D eigenvalue weighted by Gasteiger charge is 2.09. The summed E-state index contributed by atoms with van der Waals surface area (Å²) in [7, 11) is 3.94. The topological polar surface area (TPSA) is 47.9 Å². The standard InChI is InChI=1S/C9H16N4O.ClH/c1-12(2)6-5-11-9(14)13-7-3-10-4-8-13;/h3-4,7H,5-6,8H2,1-2H3,(H,11,14);1H. The minimum absolute atomic E-state index is 0. The molecule has 1 heterocycles. The van der Waals surface area contributed by atoms with Crippen LogP contribution in [-0.4, -0.2) is 55.8 Å². The SMILES string of the molecule is CN(C)CCNC(=O)N1C=CN=CC1.Cl. The van der Waals surface area contributed by atoms with E-state index in [-0.39, 0.29) is 18.4 Å². The normalized spacial score (nSPS) is 13.9. The van der Waals surface area contributed by atoms with Crippen molar-refractivity contribution in [2.24, 2.45) is 4.99 Å². The van der Waals surface area contributed by atoms with Gasteiger partial charge in [0.2, 0.25) is 0 Å². The second-order valence-corrected chi connectivity index (χ2v) is 3.32. The van der Waals surface area contributed by atoms with E-state index in [4.69, 9.17) is 0 Å². The van der Waals surface area contributed by atoms with Crippen LogP contribution >= 0.6 is 12.4 Å². The minimum atomic E-state index is -0.0748. The molecule has 0 aromatic rings. The Morgan fingerprint density at radius 3 is 2.87 bits per heavy atom. The minimum Gasteiger partial charge on any atom is -0.336 e. The van der Waals surface area contributed by atoms with Crippen LogP contribution in [0.2, 0.25) is 0 Å². The molecule has 0 unspecified atom stereocenters. The van der Waals surface area contributed by atoms with E-state index < -0.39 is 0 Å². The van der Waals surface area contributed by atoms with Gasteiger partial charge in [-0.2, -0.15) is 0 Å². The Balaban J connectivity index is 0.00000196. The van der Waals surface area contributed by atoms with Crippen molar-refractivity contribution in [1.29, 1.82) is 0 Å². The fraction of sp³-hybridized carbons (Fsp3) is 0.556. The first-order valence-electron chi connectivity index (χ1n) is 4.57. The lowest BCUT2D eigenvalue weighted by Gasteiger charge is -2.19. The number of halogens is 1. The van der Waals surface area contributed by atoms with Gasteiger partial charge < -0.3 is 10.2 Å². The molecule has 0 bridgehead atoms. The zero-order valence-electron chi connectivity index (χ0n) is 9.01. The summed E-state index contributed by atoms with van der Waals surface area (Å²) >= 11 is 0. The molecule has 86 valence electrons. The molecule has 0 fully saturated rings. The van der Waals surface area contributed by atoms with Crippen LogP contribution in [0.5, 0.6) is 0 Å². The van der Waals surface area contributed by atoms with Crippen molar-refractivity contribution < 1.29 is 4.79 Å². The third-order valence-corrected chi connectivity index (χ3v) is 1.81. The third-order valence-electron chi connectivity index (χ3n) is 1.81. The van der Waals surface area contributed by atoms with Crippen LogP contribution in [0.1, 0.15) is 0 Å². The van der Waals surface area contributed by atoms with Crippen molar-refractivity contribution in [3.63, 3.8) is 0 Å². The molecule has 1 N–H and O–H groups in total. The van der Waals surface area contributed by atoms with Crippen molar-refractivity contribution in [2.75, 3.05) is 33.7 Å². The quantitative estimate of drug-likeness (QED) is 0.772. The number of carbonyl (C=O) groups is 1. The molecule has 2 amide bonds. The molecule has 0 aliphatic carbocycles. The molecule has 0 radical (unpaired) electrons. The lowest BCUT2D eigenvalue weighted by molar-refractivity contribution is 0.218. The second-order valence-electron chi connectivity index (χ2n) is 3.32. The van der Waals surface area contributed by atoms with E-state index >= 15 is 0 Å². The lowest BCUT2D eigenvalue weighted by Crippen LogP contribution is -2.40. The van der Waals surface area contributed by atoms with Crippen LogP contribution in [0.25, 0.3) is 0 Å². The molecule has 1 rings (SSSR count). The van der Waals surface area contributed by atoms with Gasteiger partial charge in [0, 0.05) is 31.7 Å². The van der Waals surface area contributed by atoms with E-state index in [1.165, 1.54) is 0 Å². The van der Waals surface area contributed by atoms with Gasteiger partial charge >= 0.3 is 6.03 Å². The van der Waals surface area contributed by atoms with Gasteiger partial charge in [-0.25, -0.2) is 4.79 Å². The van der Waals surface area contributed by atoms with Crippen LogP contribution in [-0.2, 0) is 0 Å². The van der Waals surface area contributed by atoms with Crippen LogP contribution < -0.4 is 5.32 Å². The first kappa shape index (κ1) is 13.9. The van der Waals surface area contributed by atoms with Gasteiger partial charge in [-0.3, -0.25) is 9.89 Å². The fourth-order valence-corrected chi connectivity index (χ4v) is 1.01. The highest BCUT2D eigenvalue weighted by Crippen LogP contribution is 1.94. The highest BCUT2D eigenvalue weighted by atomic mass is 35.5. The number of amides is 2. The Hall–Kier alpha value is -1.07. The molecule has 5 nitrogen and oxygen atoms in total. The zero-order chi connectivity index (χ0) is 10.4. The lowest BCUT2D eigenvalue weighted by atomic mass is 10.5. The smallest absolute Gasteiger partial charge is 0.321 e. The second kappa shape index (κ2) is 7.25. The maximum absolute atomic E-state index is 11.5. The van der Waals surface area contributed by atoms with E-state index in [2.05, 4.69) is 10.3 Å². The largest absolute Gasteiger partial charge is 0.336 e. The maximum Gasteiger partial charge on any atom is 0.321 e. The predicted molar refractivity (Wildman–Crippen MR) is 63.5 cm³/mol. The summed E-state index contributed by atoms with van der Waals surface area (Å²) in [6.07, 6.45) is 4.98. The Morgan fingerprint density at radius 2 is 2.33 bits per heavy atom. The predicted octanol–water partition coefficient (Wildman–Crippen LogP) is 0.537. The molecule has 0 aromatic carbocycles. The molecule has 0 saturated heterocycles. The number of likely N-dealkylation sites (N-methyl/N-ethyl adjacent to an activating group) is 1. The molecule has 1 aliphatic heterocycles. The van der Waals surface area contributed by atoms with E-state index in [1.807, 2.05) is 19.0 Å². The van der Waals surface area contributed by atoms with Crippen molar-refractivity contribution in [3.8, 4) is 0 Å². The van der Waals surface area contributed by atoms with Crippen molar-refractivity contribution in [1.82, 2.24) is 15.1 Å². The molecule has 1 aliphatic rings. The molecule has 15 heavy (non-hydrogen) atoms. The Kier molecular flexibility index (Phi) is 6.73. The van der Waals surface area contributed by atoms with Crippen molar-refractivity contribution in [3.05, 3.63) is 12.4 Å². The number of nitrogens with zero attached hydrogens (tertiary/aromatic N) is 3. The Bertz CT molecular complexity index is 252. The van der Waals surface area contributed by atoms with Gasteiger partial charge in [0.15, 0.2) is 0 Å². The summed E-state index contributed by atoms with van der Waals surface area (Å²) < 4.78 is 0. The summed E-state index contributed by atoms with van der Waals surface area (Å²) in [4.78, 5) is 19.0. The average molecular weight is 233 g/mol. The fourth-order valence-electron chi connectivity index (χ4n) is 1.01. The van der Waals surface area contributed by atoms with Gasteiger partial charge in [-0.1, -0.05) is 0 Å². The number of carbonyl (C=O) groups excluding carboxylic acids is 1. The van der Waals surface area contributed by atoms with E-state index in [0.717, 1.165) is 6.54 Å². The van der Waals surface area contributed by atoms with Gasteiger partial charge in [0.25, 0.3) is 0 Å². The number of rotatable bonds is 3. The molecule has 0 atom stereocenters.